The molecular weight excluding hydrogens is 220 g/mol. The summed E-state index contributed by atoms with van der Waals surface area (Å²) in [6.07, 6.45) is 3.62. The van der Waals surface area contributed by atoms with Crippen LogP contribution < -0.4 is 10.6 Å². The predicted molar refractivity (Wildman–Crippen MR) is 68.0 cm³/mol. The van der Waals surface area contributed by atoms with Crippen molar-refractivity contribution < 1.29 is 0 Å². The van der Waals surface area contributed by atoms with E-state index in [-0.39, 0.29) is 0 Å². The molecule has 1 fully saturated rings. The predicted octanol–water partition coefficient (Wildman–Crippen LogP) is 1.98. The van der Waals surface area contributed by atoms with Crippen LogP contribution >= 0.6 is 11.5 Å². The van der Waals surface area contributed by atoms with E-state index in [1.807, 2.05) is 0 Å². The van der Waals surface area contributed by atoms with Crippen molar-refractivity contribution in [2.75, 3.05) is 18.0 Å². The van der Waals surface area contributed by atoms with Crippen LogP contribution in [-0.4, -0.2) is 28.5 Å². The molecule has 16 heavy (non-hydrogen) atoms. The zero-order valence-electron chi connectivity index (χ0n) is 10.0. The molecular formula is C11H20N4S. The standard InChI is InChI=1S/C11H20N4S/c1-8(2)10-13-11(16-14-10)15(7-3-6-12)9-4-5-9/h8-9H,3-7,12H2,1-2H3. The van der Waals surface area contributed by atoms with Crippen molar-refractivity contribution >= 4 is 16.7 Å². The Bertz CT molecular complexity index is 332. The highest BCUT2D eigenvalue weighted by Gasteiger charge is 2.30. The minimum absolute atomic E-state index is 0.417. The van der Waals surface area contributed by atoms with E-state index in [1.165, 1.54) is 24.4 Å². The summed E-state index contributed by atoms with van der Waals surface area (Å²) in [6.45, 7) is 6.04. The molecule has 0 spiro atoms. The zero-order valence-corrected chi connectivity index (χ0v) is 10.8. The van der Waals surface area contributed by atoms with Gasteiger partial charge in [-0.3, -0.25) is 0 Å². The second-order valence-corrected chi connectivity index (χ2v) is 5.39. The molecule has 1 saturated carbocycles. The Kier molecular flexibility index (Phi) is 3.76. The van der Waals surface area contributed by atoms with Crippen molar-refractivity contribution in [2.24, 2.45) is 5.73 Å². The van der Waals surface area contributed by atoms with Gasteiger partial charge < -0.3 is 10.6 Å². The summed E-state index contributed by atoms with van der Waals surface area (Å²) < 4.78 is 4.41. The molecule has 0 radical (unpaired) electrons. The first-order valence-corrected chi connectivity index (χ1v) is 6.80. The van der Waals surface area contributed by atoms with E-state index in [2.05, 4.69) is 28.1 Å². The molecule has 2 rings (SSSR count). The zero-order chi connectivity index (χ0) is 11.5. The maximum Gasteiger partial charge on any atom is 0.205 e. The molecule has 0 aliphatic heterocycles. The molecule has 2 N–H and O–H groups in total. The molecule has 0 aromatic carbocycles. The molecule has 90 valence electrons. The van der Waals surface area contributed by atoms with Gasteiger partial charge in [-0.25, -0.2) is 4.98 Å². The fraction of sp³-hybridized carbons (Fsp3) is 0.818. The molecule has 1 aliphatic carbocycles. The van der Waals surface area contributed by atoms with Gasteiger partial charge in [0.2, 0.25) is 5.13 Å². The molecule has 1 aromatic rings. The molecule has 0 atom stereocenters. The lowest BCUT2D eigenvalue weighted by atomic mass is 10.2. The number of nitrogens with two attached hydrogens (primary N) is 1. The van der Waals surface area contributed by atoms with E-state index in [0.717, 1.165) is 30.5 Å². The Morgan fingerprint density at radius 2 is 2.25 bits per heavy atom. The lowest BCUT2D eigenvalue weighted by Crippen LogP contribution is -2.28. The van der Waals surface area contributed by atoms with E-state index in [0.29, 0.717) is 12.0 Å². The SMILES string of the molecule is CC(C)c1nsc(N(CCCN)C2CC2)n1. The van der Waals surface area contributed by atoms with E-state index < -0.39 is 0 Å². The van der Waals surface area contributed by atoms with E-state index in [9.17, 15) is 0 Å². The van der Waals surface area contributed by atoms with Crippen LogP contribution in [0.25, 0.3) is 0 Å². The van der Waals surface area contributed by atoms with Gasteiger partial charge in [0.1, 0.15) is 5.82 Å². The molecule has 0 bridgehead atoms. The summed E-state index contributed by atoms with van der Waals surface area (Å²) in [7, 11) is 0. The van der Waals surface area contributed by atoms with Crippen LogP contribution in [0.5, 0.6) is 0 Å². The highest BCUT2D eigenvalue weighted by molar-refractivity contribution is 7.09. The largest absolute Gasteiger partial charge is 0.344 e. The van der Waals surface area contributed by atoms with Gasteiger partial charge in [-0.2, -0.15) is 4.37 Å². The number of rotatable bonds is 6. The Morgan fingerprint density at radius 3 is 2.75 bits per heavy atom. The summed E-state index contributed by atoms with van der Waals surface area (Å²) in [5.74, 6) is 1.39. The fourth-order valence-electron chi connectivity index (χ4n) is 1.66. The molecule has 1 aromatic heterocycles. The van der Waals surface area contributed by atoms with Gasteiger partial charge in [0.05, 0.1) is 0 Å². The number of anilines is 1. The lowest BCUT2D eigenvalue weighted by Gasteiger charge is -2.20. The van der Waals surface area contributed by atoms with Crippen LogP contribution in [0.3, 0.4) is 0 Å². The van der Waals surface area contributed by atoms with Gasteiger partial charge in [-0.1, -0.05) is 13.8 Å². The maximum atomic E-state index is 5.57. The van der Waals surface area contributed by atoms with Gasteiger partial charge in [-0.05, 0) is 25.8 Å². The van der Waals surface area contributed by atoms with Crippen LogP contribution in [0.4, 0.5) is 5.13 Å². The van der Waals surface area contributed by atoms with E-state index in [4.69, 9.17) is 5.73 Å². The topological polar surface area (TPSA) is 55.0 Å². The Balaban J connectivity index is 2.05. The van der Waals surface area contributed by atoms with Crippen LogP contribution in [-0.2, 0) is 0 Å². The molecule has 4 nitrogen and oxygen atoms in total. The normalized spacial score (nSPS) is 15.8. The van der Waals surface area contributed by atoms with Gasteiger partial charge in [0, 0.05) is 30.0 Å². The van der Waals surface area contributed by atoms with E-state index >= 15 is 0 Å². The summed E-state index contributed by atoms with van der Waals surface area (Å²) in [4.78, 5) is 7.00. The number of hydrogen-bond acceptors (Lipinski definition) is 5. The maximum absolute atomic E-state index is 5.57. The quantitative estimate of drug-likeness (QED) is 0.826. The Labute approximate surface area is 101 Å². The van der Waals surface area contributed by atoms with Gasteiger partial charge in [0.25, 0.3) is 0 Å². The van der Waals surface area contributed by atoms with Crippen molar-refractivity contribution in [3.8, 4) is 0 Å². The third kappa shape index (κ3) is 2.71. The Hall–Kier alpha value is -0.680. The molecule has 5 heteroatoms. The molecule has 0 unspecified atom stereocenters. The van der Waals surface area contributed by atoms with Gasteiger partial charge in [0.15, 0.2) is 0 Å². The van der Waals surface area contributed by atoms with Crippen LogP contribution in [0.2, 0.25) is 0 Å². The molecule has 0 saturated heterocycles. The van der Waals surface area contributed by atoms with Crippen molar-refractivity contribution in [2.45, 2.75) is 45.1 Å². The summed E-state index contributed by atoms with van der Waals surface area (Å²) >= 11 is 1.53. The van der Waals surface area contributed by atoms with Gasteiger partial charge >= 0.3 is 0 Å². The first-order chi connectivity index (χ1) is 7.72. The summed E-state index contributed by atoms with van der Waals surface area (Å²) in [5.41, 5.74) is 5.57. The van der Waals surface area contributed by atoms with Crippen LogP contribution in [0.1, 0.15) is 44.9 Å². The highest BCUT2D eigenvalue weighted by atomic mass is 32.1. The monoisotopic (exact) mass is 240 g/mol. The molecule has 1 aliphatic rings. The van der Waals surface area contributed by atoms with Crippen LogP contribution in [0, 0.1) is 0 Å². The third-order valence-electron chi connectivity index (χ3n) is 2.78. The first kappa shape index (κ1) is 11.8. The van der Waals surface area contributed by atoms with Crippen molar-refractivity contribution in [1.29, 1.82) is 0 Å². The van der Waals surface area contributed by atoms with Crippen molar-refractivity contribution in [3.05, 3.63) is 5.82 Å². The molecule has 1 heterocycles. The summed E-state index contributed by atoms with van der Waals surface area (Å²) in [5, 5.41) is 1.08. The summed E-state index contributed by atoms with van der Waals surface area (Å²) in [6, 6.07) is 0.694. The lowest BCUT2D eigenvalue weighted by molar-refractivity contribution is 0.722. The smallest absolute Gasteiger partial charge is 0.205 e. The van der Waals surface area contributed by atoms with Gasteiger partial charge in [-0.15, -0.1) is 0 Å². The minimum Gasteiger partial charge on any atom is -0.344 e. The average Bonchev–Trinajstić information content (AvgIpc) is 2.96. The second-order valence-electron chi connectivity index (χ2n) is 4.66. The number of nitrogens with zero attached hydrogens (tertiary/aromatic N) is 3. The fourth-order valence-corrected chi connectivity index (χ4v) is 2.57. The molecule has 0 amide bonds. The minimum atomic E-state index is 0.417. The first-order valence-electron chi connectivity index (χ1n) is 6.02. The van der Waals surface area contributed by atoms with E-state index in [1.54, 1.807) is 0 Å². The number of aromatic nitrogens is 2. The highest BCUT2D eigenvalue weighted by Crippen LogP contribution is 2.33. The van der Waals surface area contributed by atoms with Crippen LogP contribution in [0.15, 0.2) is 0 Å². The Morgan fingerprint density at radius 1 is 1.50 bits per heavy atom. The third-order valence-corrected chi connectivity index (χ3v) is 3.55. The average molecular weight is 240 g/mol. The van der Waals surface area contributed by atoms with Crippen molar-refractivity contribution in [1.82, 2.24) is 9.36 Å². The second kappa shape index (κ2) is 5.10. The van der Waals surface area contributed by atoms with Crippen molar-refractivity contribution in [3.63, 3.8) is 0 Å². The number of hydrogen-bond donors (Lipinski definition) is 1.